The number of benzene rings is 1. The van der Waals surface area contributed by atoms with Crippen LogP contribution in [0.5, 0.6) is 0 Å². The fraction of sp³-hybridized carbons (Fsp3) is 0.333. The second-order valence-electron chi connectivity index (χ2n) is 6.70. The first-order valence-electron chi connectivity index (χ1n) is 9.22. The number of amides is 1. The summed E-state index contributed by atoms with van der Waals surface area (Å²) in [5, 5.41) is 4.03. The Kier molecular flexibility index (Phi) is 5.18. The van der Waals surface area contributed by atoms with Crippen LogP contribution in [0.2, 0.25) is 0 Å². The van der Waals surface area contributed by atoms with Crippen molar-refractivity contribution in [3.05, 3.63) is 65.7 Å². The molecule has 0 saturated carbocycles. The van der Waals surface area contributed by atoms with Crippen LogP contribution in [-0.2, 0) is 4.74 Å². The highest BCUT2D eigenvalue weighted by atomic mass is 16.5. The number of pyridine rings is 1. The van der Waals surface area contributed by atoms with Crippen LogP contribution in [0.4, 0.5) is 0 Å². The van der Waals surface area contributed by atoms with Crippen molar-refractivity contribution in [2.24, 2.45) is 0 Å². The molecule has 0 spiro atoms. The molecule has 27 heavy (non-hydrogen) atoms. The molecule has 0 aliphatic carbocycles. The molecule has 1 unspecified atom stereocenters. The largest absolute Gasteiger partial charge is 0.465 e. The van der Waals surface area contributed by atoms with Gasteiger partial charge in [-0.2, -0.15) is 0 Å². The van der Waals surface area contributed by atoms with Gasteiger partial charge in [-0.15, -0.1) is 0 Å². The quantitative estimate of drug-likeness (QED) is 0.753. The molecule has 6 heteroatoms. The van der Waals surface area contributed by atoms with E-state index in [1.807, 2.05) is 49.4 Å². The van der Waals surface area contributed by atoms with Gasteiger partial charge in [-0.25, -0.2) is 0 Å². The number of hydrogen-bond acceptors (Lipinski definition) is 5. The second kappa shape index (κ2) is 7.90. The Labute approximate surface area is 158 Å². The average molecular weight is 365 g/mol. The average Bonchev–Trinajstić information content (AvgIpc) is 3.14. The Morgan fingerprint density at radius 2 is 2.00 bits per heavy atom. The molecule has 4 rings (SSSR count). The van der Waals surface area contributed by atoms with Crippen molar-refractivity contribution in [1.82, 2.24) is 15.2 Å². The lowest BCUT2D eigenvalue weighted by atomic mass is 10.1. The number of ether oxygens (including phenoxy) is 1. The van der Waals surface area contributed by atoms with Crippen molar-refractivity contribution in [3.8, 4) is 0 Å². The Balaban J connectivity index is 1.53. The molecule has 3 aromatic rings. The van der Waals surface area contributed by atoms with E-state index in [4.69, 9.17) is 9.15 Å². The number of para-hydroxylation sites is 1. The van der Waals surface area contributed by atoms with Crippen molar-refractivity contribution in [1.29, 1.82) is 0 Å². The maximum absolute atomic E-state index is 12.9. The molecule has 1 saturated heterocycles. The van der Waals surface area contributed by atoms with Gasteiger partial charge in [-0.1, -0.05) is 18.2 Å². The molecule has 1 amide bonds. The number of carbonyl (C=O) groups is 1. The van der Waals surface area contributed by atoms with Crippen molar-refractivity contribution >= 4 is 16.8 Å². The first kappa shape index (κ1) is 17.7. The highest BCUT2D eigenvalue weighted by Crippen LogP contribution is 2.24. The summed E-state index contributed by atoms with van der Waals surface area (Å²) in [6.07, 6.45) is 1.71. The van der Waals surface area contributed by atoms with Crippen molar-refractivity contribution in [2.45, 2.75) is 13.0 Å². The minimum atomic E-state index is -0.124. The first-order chi connectivity index (χ1) is 13.2. The third-order valence-corrected chi connectivity index (χ3v) is 4.91. The zero-order valence-electron chi connectivity index (χ0n) is 15.4. The van der Waals surface area contributed by atoms with Gasteiger partial charge >= 0.3 is 0 Å². The molecule has 140 valence electrons. The third-order valence-electron chi connectivity index (χ3n) is 4.91. The monoisotopic (exact) mass is 365 g/mol. The van der Waals surface area contributed by atoms with Crippen molar-refractivity contribution in [2.75, 3.05) is 32.8 Å². The molecule has 1 atom stereocenters. The lowest BCUT2D eigenvalue weighted by Crippen LogP contribution is -2.43. The molecule has 1 aliphatic heterocycles. The standard InChI is InChI=1S/C21H23N3O3/c1-15-7-8-19(27-15)18(24-10-12-26-13-11-24)14-23-21(25)17-6-2-4-16-5-3-9-22-20(16)17/h2-9,18H,10-14H2,1H3,(H,23,25). The zero-order chi connectivity index (χ0) is 18.6. The van der Waals surface area contributed by atoms with Crippen molar-refractivity contribution in [3.63, 3.8) is 0 Å². The predicted octanol–water partition coefficient (Wildman–Crippen LogP) is 2.94. The molecule has 0 radical (unpaired) electrons. The minimum Gasteiger partial charge on any atom is -0.465 e. The number of morpholine rings is 1. The lowest BCUT2D eigenvalue weighted by Gasteiger charge is -2.33. The minimum absolute atomic E-state index is 0.0190. The summed E-state index contributed by atoms with van der Waals surface area (Å²) in [7, 11) is 0. The van der Waals surface area contributed by atoms with E-state index in [0.29, 0.717) is 30.8 Å². The highest BCUT2D eigenvalue weighted by Gasteiger charge is 2.26. The van der Waals surface area contributed by atoms with E-state index in [1.54, 1.807) is 6.20 Å². The summed E-state index contributed by atoms with van der Waals surface area (Å²) in [5.41, 5.74) is 1.30. The maximum Gasteiger partial charge on any atom is 0.253 e. The normalized spacial score (nSPS) is 16.3. The fourth-order valence-corrected chi connectivity index (χ4v) is 3.50. The fourth-order valence-electron chi connectivity index (χ4n) is 3.50. The van der Waals surface area contributed by atoms with E-state index in [0.717, 1.165) is 30.0 Å². The van der Waals surface area contributed by atoms with Crippen LogP contribution in [0.3, 0.4) is 0 Å². The Morgan fingerprint density at radius 1 is 1.19 bits per heavy atom. The van der Waals surface area contributed by atoms with Crippen LogP contribution >= 0.6 is 0 Å². The van der Waals surface area contributed by atoms with E-state index in [2.05, 4.69) is 15.2 Å². The van der Waals surface area contributed by atoms with Gasteiger partial charge in [-0.05, 0) is 31.2 Å². The summed E-state index contributed by atoms with van der Waals surface area (Å²) in [6.45, 7) is 5.41. The summed E-state index contributed by atoms with van der Waals surface area (Å²) >= 11 is 0. The Hall–Kier alpha value is -2.70. The summed E-state index contributed by atoms with van der Waals surface area (Å²) < 4.78 is 11.3. The topological polar surface area (TPSA) is 67.6 Å². The third kappa shape index (κ3) is 3.86. The molecular formula is C21H23N3O3. The number of fused-ring (bicyclic) bond motifs is 1. The molecule has 1 fully saturated rings. The SMILES string of the molecule is Cc1ccc(C(CNC(=O)c2cccc3cccnc23)N2CCOCC2)o1. The second-order valence-corrected chi connectivity index (χ2v) is 6.70. The number of nitrogens with zero attached hydrogens (tertiary/aromatic N) is 2. The van der Waals surface area contributed by atoms with Gasteiger partial charge in [0.25, 0.3) is 5.91 Å². The zero-order valence-corrected chi connectivity index (χ0v) is 15.4. The van der Waals surface area contributed by atoms with Gasteiger partial charge in [0, 0.05) is 31.2 Å². The van der Waals surface area contributed by atoms with Gasteiger partial charge in [0.05, 0.1) is 30.3 Å². The van der Waals surface area contributed by atoms with E-state index in [1.165, 1.54) is 0 Å². The van der Waals surface area contributed by atoms with Gasteiger partial charge in [0.2, 0.25) is 0 Å². The lowest BCUT2D eigenvalue weighted by molar-refractivity contribution is 0.0117. The van der Waals surface area contributed by atoms with Crippen LogP contribution in [-0.4, -0.2) is 48.6 Å². The summed E-state index contributed by atoms with van der Waals surface area (Å²) in [5.74, 6) is 1.61. The molecule has 3 heterocycles. The number of nitrogens with one attached hydrogen (secondary N) is 1. The Bertz CT molecular complexity index is 926. The molecule has 1 N–H and O–H groups in total. The van der Waals surface area contributed by atoms with Gasteiger partial charge in [0.1, 0.15) is 11.5 Å². The molecule has 1 aliphatic rings. The number of carbonyl (C=O) groups excluding carboxylic acids is 1. The number of aryl methyl sites for hydroxylation is 1. The van der Waals surface area contributed by atoms with E-state index >= 15 is 0 Å². The highest BCUT2D eigenvalue weighted by molar-refractivity contribution is 6.05. The number of hydrogen-bond donors (Lipinski definition) is 1. The molecule has 0 bridgehead atoms. The van der Waals surface area contributed by atoms with Crippen LogP contribution in [0.15, 0.2) is 53.1 Å². The van der Waals surface area contributed by atoms with E-state index in [9.17, 15) is 4.79 Å². The molecule has 6 nitrogen and oxygen atoms in total. The van der Waals surface area contributed by atoms with Gasteiger partial charge in [-0.3, -0.25) is 14.7 Å². The number of rotatable bonds is 5. The smallest absolute Gasteiger partial charge is 0.253 e. The summed E-state index contributed by atoms with van der Waals surface area (Å²) in [4.78, 5) is 19.5. The van der Waals surface area contributed by atoms with E-state index < -0.39 is 0 Å². The van der Waals surface area contributed by atoms with Crippen LogP contribution in [0.25, 0.3) is 10.9 Å². The van der Waals surface area contributed by atoms with Crippen molar-refractivity contribution < 1.29 is 13.9 Å². The van der Waals surface area contributed by atoms with Crippen LogP contribution in [0.1, 0.15) is 27.9 Å². The summed E-state index contributed by atoms with van der Waals surface area (Å²) in [6, 6.07) is 13.4. The number of aromatic nitrogens is 1. The number of furan rings is 1. The van der Waals surface area contributed by atoms with Gasteiger partial charge < -0.3 is 14.5 Å². The predicted molar refractivity (Wildman–Crippen MR) is 103 cm³/mol. The first-order valence-corrected chi connectivity index (χ1v) is 9.22. The van der Waals surface area contributed by atoms with Gasteiger partial charge in [0.15, 0.2) is 0 Å². The Morgan fingerprint density at radius 3 is 2.78 bits per heavy atom. The van der Waals surface area contributed by atoms with Crippen LogP contribution < -0.4 is 5.32 Å². The maximum atomic E-state index is 12.9. The van der Waals surface area contributed by atoms with Crippen LogP contribution in [0, 0.1) is 6.92 Å². The van der Waals surface area contributed by atoms with E-state index in [-0.39, 0.29) is 11.9 Å². The molecule has 2 aromatic heterocycles. The molecular weight excluding hydrogens is 342 g/mol. The molecule has 1 aromatic carbocycles.